The molecular weight excluding hydrogens is 242 g/mol. The van der Waals surface area contributed by atoms with Crippen molar-refractivity contribution in [2.75, 3.05) is 6.54 Å². The van der Waals surface area contributed by atoms with Crippen LogP contribution < -0.4 is 5.56 Å². The number of hydrogen-bond acceptors (Lipinski definition) is 3. The number of hydrogen-bond donors (Lipinski definition) is 1. The molecule has 0 spiro atoms. The van der Waals surface area contributed by atoms with E-state index in [2.05, 4.69) is 9.97 Å². The summed E-state index contributed by atoms with van der Waals surface area (Å²) < 4.78 is 0. The van der Waals surface area contributed by atoms with Crippen LogP contribution in [0.1, 0.15) is 30.3 Å². The van der Waals surface area contributed by atoms with Crippen molar-refractivity contribution in [1.29, 1.82) is 0 Å². The molecule has 19 heavy (non-hydrogen) atoms. The van der Waals surface area contributed by atoms with Crippen LogP contribution in [0.4, 0.5) is 0 Å². The SMILES string of the molecule is C[C@@H]1CCCN1C(=O)c1nc2ccccc2[nH]c1=O. The van der Waals surface area contributed by atoms with E-state index in [1.807, 2.05) is 19.1 Å². The third kappa shape index (κ3) is 2.01. The molecule has 0 radical (unpaired) electrons. The highest BCUT2D eigenvalue weighted by atomic mass is 16.2. The molecule has 0 saturated carbocycles. The van der Waals surface area contributed by atoms with Crippen LogP contribution >= 0.6 is 0 Å². The van der Waals surface area contributed by atoms with E-state index in [1.54, 1.807) is 17.0 Å². The second kappa shape index (κ2) is 4.50. The van der Waals surface area contributed by atoms with E-state index in [9.17, 15) is 9.59 Å². The maximum absolute atomic E-state index is 12.4. The highest BCUT2D eigenvalue weighted by Crippen LogP contribution is 2.18. The smallest absolute Gasteiger partial charge is 0.280 e. The molecule has 1 amide bonds. The third-order valence-electron chi connectivity index (χ3n) is 3.62. The number of aromatic amines is 1. The summed E-state index contributed by atoms with van der Waals surface area (Å²) in [5.74, 6) is -0.267. The van der Waals surface area contributed by atoms with Crippen LogP contribution in [0.25, 0.3) is 11.0 Å². The van der Waals surface area contributed by atoms with Gasteiger partial charge >= 0.3 is 0 Å². The molecule has 3 rings (SSSR count). The van der Waals surface area contributed by atoms with Crippen LogP contribution in [0.5, 0.6) is 0 Å². The third-order valence-corrected chi connectivity index (χ3v) is 3.62. The number of nitrogens with one attached hydrogen (secondary N) is 1. The lowest BCUT2D eigenvalue weighted by Crippen LogP contribution is -2.37. The molecule has 1 aliphatic heterocycles. The van der Waals surface area contributed by atoms with E-state index in [4.69, 9.17) is 0 Å². The molecule has 1 aromatic carbocycles. The quantitative estimate of drug-likeness (QED) is 0.842. The summed E-state index contributed by atoms with van der Waals surface area (Å²) in [5, 5.41) is 0. The van der Waals surface area contributed by atoms with E-state index in [1.165, 1.54) is 0 Å². The maximum Gasteiger partial charge on any atom is 0.280 e. The molecular formula is C14H15N3O2. The molecule has 0 unspecified atom stereocenters. The van der Waals surface area contributed by atoms with Gasteiger partial charge in [-0.05, 0) is 31.9 Å². The van der Waals surface area contributed by atoms with Gasteiger partial charge in [-0.1, -0.05) is 12.1 Å². The lowest BCUT2D eigenvalue weighted by atomic mass is 10.2. The first kappa shape index (κ1) is 11.9. The van der Waals surface area contributed by atoms with Crippen molar-refractivity contribution < 1.29 is 4.79 Å². The average Bonchev–Trinajstić information content (AvgIpc) is 2.83. The van der Waals surface area contributed by atoms with Crippen LogP contribution in [-0.4, -0.2) is 33.4 Å². The zero-order valence-electron chi connectivity index (χ0n) is 10.7. The summed E-state index contributed by atoms with van der Waals surface area (Å²) in [5.41, 5.74) is 0.867. The van der Waals surface area contributed by atoms with Crippen molar-refractivity contribution in [2.45, 2.75) is 25.8 Å². The van der Waals surface area contributed by atoms with Gasteiger partial charge < -0.3 is 9.88 Å². The molecule has 2 aromatic rings. The minimum Gasteiger partial charge on any atom is -0.334 e. The molecule has 1 aliphatic rings. The molecule has 0 aliphatic carbocycles. The number of carbonyl (C=O) groups is 1. The fraction of sp³-hybridized carbons (Fsp3) is 0.357. The van der Waals surface area contributed by atoms with Gasteiger partial charge in [0.25, 0.3) is 11.5 Å². The fourth-order valence-electron chi connectivity index (χ4n) is 2.55. The van der Waals surface area contributed by atoms with Crippen LogP contribution in [-0.2, 0) is 0 Å². The molecule has 1 atom stereocenters. The minimum absolute atomic E-state index is 0.00699. The number of rotatable bonds is 1. The van der Waals surface area contributed by atoms with Crippen LogP contribution in [0, 0.1) is 0 Å². The summed E-state index contributed by atoms with van der Waals surface area (Å²) in [6.07, 6.45) is 1.97. The normalized spacial score (nSPS) is 19.0. The summed E-state index contributed by atoms with van der Waals surface area (Å²) >= 11 is 0. The standard InChI is InChI=1S/C14H15N3O2/c1-9-5-4-8-17(9)14(19)12-13(18)16-11-7-3-2-6-10(11)15-12/h2-3,6-7,9H,4-5,8H2,1H3,(H,16,18)/t9-/m1/s1. The summed E-state index contributed by atoms with van der Waals surface area (Å²) in [7, 11) is 0. The van der Waals surface area contributed by atoms with Crippen molar-refractivity contribution in [1.82, 2.24) is 14.9 Å². The van der Waals surface area contributed by atoms with Gasteiger partial charge in [0.2, 0.25) is 0 Å². The Balaban J connectivity index is 2.07. The number of para-hydroxylation sites is 2. The van der Waals surface area contributed by atoms with E-state index in [0.29, 0.717) is 17.6 Å². The Morgan fingerprint density at radius 1 is 1.42 bits per heavy atom. The van der Waals surface area contributed by atoms with Gasteiger partial charge in [-0.25, -0.2) is 4.98 Å². The van der Waals surface area contributed by atoms with E-state index in [0.717, 1.165) is 12.8 Å². The highest BCUT2D eigenvalue weighted by Gasteiger charge is 2.28. The van der Waals surface area contributed by atoms with Gasteiger partial charge in [-0.3, -0.25) is 9.59 Å². The zero-order valence-corrected chi connectivity index (χ0v) is 10.7. The van der Waals surface area contributed by atoms with Crippen LogP contribution in [0.2, 0.25) is 0 Å². The summed E-state index contributed by atoms with van der Waals surface area (Å²) in [6, 6.07) is 7.40. The Hall–Kier alpha value is -2.17. The topological polar surface area (TPSA) is 66.1 Å². The summed E-state index contributed by atoms with van der Waals surface area (Å²) in [6.45, 7) is 2.70. The van der Waals surface area contributed by atoms with E-state index >= 15 is 0 Å². The predicted molar refractivity (Wildman–Crippen MR) is 72.1 cm³/mol. The second-order valence-electron chi connectivity index (χ2n) is 4.92. The molecule has 5 heteroatoms. The molecule has 5 nitrogen and oxygen atoms in total. The Labute approximate surface area is 110 Å². The number of carbonyl (C=O) groups excluding carboxylic acids is 1. The summed E-state index contributed by atoms with van der Waals surface area (Å²) in [4.78, 5) is 33.0. The van der Waals surface area contributed by atoms with Crippen molar-refractivity contribution in [3.8, 4) is 0 Å². The highest BCUT2D eigenvalue weighted by molar-refractivity contribution is 5.94. The molecule has 1 N–H and O–H groups in total. The molecule has 0 bridgehead atoms. The van der Waals surface area contributed by atoms with E-state index in [-0.39, 0.29) is 17.6 Å². The number of likely N-dealkylation sites (tertiary alicyclic amines) is 1. The van der Waals surface area contributed by atoms with E-state index < -0.39 is 5.56 Å². The number of aromatic nitrogens is 2. The van der Waals surface area contributed by atoms with Gasteiger partial charge in [0.15, 0.2) is 5.69 Å². The number of fused-ring (bicyclic) bond motifs is 1. The van der Waals surface area contributed by atoms with Gasteiger partial charge in [-0.15, -0.1) is 0 Å². The number of amides is 1. The maximum atomic E-state index is 12.4. The number of H-pyrrole nitrogens is 1. The fourth-order valence-corrected chi connectivity index (χ4v) is 2.55. The first-order valence-electron chi connectivity index (χ1n) is 6.47. The van der Waals surface area contributed by atoms with Gasteiger partial charge in [0.05, 0.1) is 11.0 Å². The average molecular weight is 257 g/mol. The Kier molecular flexibility index (Phi) is 2.81. The number of benzene rings is 1. The Bertz CT molecular complexity index is 692. The monoisotopic (exact) mass is 257 g/mol. The molecule has 98 valence electrons. The second-order valence-corrected chi connectivity index (χ2v) is 4.92. The first-order chi connectivity index (χ1) is 9.16. The van der Waals surface area contributed by atoms with Crippen molar-refractivity contribution in [3.05, 3.63) is 40.3 Å². The lowest BCUT2D eigenvalue weighted by molar-refractivity contribution is 0.0740. The van der Waals surface area contributed by atoms with Crippen LogP contribution in [0.3, 0.4) is 0 Å². The van der Waals surface area contributed by atoms with Crippen molar-refractivity contribution in [3.63, 3.8) is 0 Å². The molecule has 1 fully saturated rings. The van der Waals surface area contributed by atoms with Gasteiger partial charge in [-0.2, -0.15) is 0 Å². The van der Waals surface area contributed by atoms with Crippen molar-refractivity contribution in [2.24, 2.45) is 0 Å². The predicted octanol–water partition coefficient (Wildman–Crippen LogP) is 1.55. The zero-order chi connectivity index (χ0) is 13.4. The largest absolute Gasteiger partial charge is 0.334 e. The van der Waals surface area contributed by atoms with Crippen LogP contribution in [0.15, 0.2) is 29.1 Å². The molecule has 2 heterocycles. The minimum atomic E-state index is -0.414. The molecule has 1 aromatic heterocycles. The van der Waals surface area contributed by atoms with Crippen molar-refractivity contribution >= 4 is 16.9 Å². The molecule has 1 saturated heterocycles. The Morgan fingerprint density at radius 3 is 2.95 bits per heavy atom. The van der Waals surface area contributed by atoms with Gasteiger partial charge in [0.1, 0.15) is 0 Å². The lowest BCUT2D eigenvalue weighted by Gasteiger charge is -2.20. The Morgan fingerprint density at radius 2 is 2.21 bits per heavy atom. The van der Waals surface area contributed by atoms with Gasteiger partial charge in [0, 0.05) is 12.6 Å². The first-order valence-corrected chi connectivity index (χ1v) is 6.47. The number of nitrogens with zero attached hydrogens (tertiary/aromatic N) is 2.